The number of anilines is 1. The molecule has 0 unspecified atom stereocenters. The molecule has 0 aliphatic carbocycles. The van der Waals surface area contributed by atoms with Gasteiger partial charge in [0.05, 0.1) is 31.9 Å². The minimum atomic E-state index is -4.84. The molecule has 3 aliphatic heterocycles. The van der Waals surface area contributed by atoms with Gasteiger partial charge in [-0.15, -0.1) is 11.8 Å². The van der Waals surface area contributed by atoms with Gasteiger partial charge in [-0.2, -0.15) is 27.2 Å². The fourth-order valence-corrected chi connectivity index (χ4v) is 8.50. The predicted octanol–water partition coefficient (Wildman–Crippen LogP) is 4.38. The molecule has 230 valence electrons. The molecule has 16 heteroatoms. The van der Waals surface area contributed by atoms with Crippen molar-refractivity contribution in [2.45, 2.75) is 41.9 Å². The molecule has 1 amide bonds. The summed E-state index contributed by atoms with van der Waals surface area (Å²) in [6.45, 7) is 7.78. The van der Waals surface area contributed by atoms with Crippen molar-refractivity contribution in [1.29, 1.82) is 5.41 Å². The highest BCUT2D eigenvalue weighted by Gasteiger charge is 2.39. The SMILES string of the molecule is C=CC(=O)N1[C@H](C)CN(c2[nH]c(=O)[n+]3c4c(/c(=c5\ccc(F)c6c5=NC(=N)S6)c(C(F)(F)F)cc24)SCC=3COI)C[C@@H]1C. The maximum atomic E-state index is 15.0. The van der Waals surface area contributed by atoms with Crippen LogP contribution in [-0.2, 0) is 14.0 Å². The number of hydrogen-bond acceptors (Lipinski definition) is 7. The summed E-state index contributed by atoms with van der Waals surface area (Å²) in [6.07, 6.45) is -3.62. The monoisotopic (exact) mass is 759 g/mol. The van der Waals surface area contributed by atoms with E-state index < -0.39 is 23.2 Å². The van der Waals surface area contributed by atoms with E-state index in [-0.39, 0.29) is 90.9 Å². The number of piperazine rings is 1. The van der Waals surface area contributed by atoms with Crippen molar-refractivity contribution in [3.8, 4) is 0 Å². The molecule has 4 heterocycles. The molecule has 3 aromatic rings. The molecule has 0 radical (unpaired) electrons. The maximum Gasteiger partial charge on any atom is 0.502 e. The number of amides is 1. The van der Waals surface area contributed by atoms with Crippen LogP contribution in [0, 0.1) is 27.4 Å². The Labute approximate surface area is 269 Å². The minimum Gasteiger partial charge on any atom is -0.335 e. The van der Waals surface area contributed by atoms with E-state index in [0.717, 1.165) is 35.7 Å². The average Bonchev–Trinajstić information content (AvgIpc) is 3.36. The number of hydrogen-bond donors (Lipinski definition) is 2. The third-order valence-electron chi connectivity index (χ3n) is 7.82. The number of nitrogens with zero attached hydrogens (tertiary/aromatic N) is 4. The van der Waals surface area contributed by atoms with Crippen molar-refractivity contribution in [3.63, 3.8) is 0 Å². The van der Waals surface area contributed by atoms with Gasteiger partial charge in [0.2, 0.25) is 11.7 Å². The molecular weight excluding hydrogens is 735 g/mol. The van der Waals surface area contributed by atoms with Gasteiger partial charge >= 0.3 is 11.9 Å². The summed E-state index contributed by atoms with van der Waals surface area (Å²) in [4.78, 5) is 36.8. The first-order valence-corrected chi connectivity index (χ1v) is 16.0. The number of H-pyrrole nitrogens is 1. The van der Waals surface area contributed by atoms with Gasteiger partial charge in [-0.1, -0.05) is 6.58 Å². The number of carbonyl (C=O) groups excluding carboxylic acids is 1. The van der Waals surface area contributed by atoms with Crippen LogP contribution in [0.3, 0.4) is 0 Å². The van der Waals surface area contributed by atoms with Crippen molar-refractivity contribution in [2.75, 3.05) is 30.3 Å². The number of amidine groups is 1. The summed E-state index contributed by atoms with van der Waals surface area (Å²) in [7, 11) is 0. The second-order valence-corrected chi connectivity index (χ2v) is 13.2. The van der Waals surface area contributed by atoms with Crippen molar-refractivity contribution < 1.29 is 29.7 Å². The number of aromatic amines is 1. The minimum absolute atomic E-state index is 0.0197. The predicted molar refractivity (Wildman–Crippen MR) is 166 cm³/mol. The molecule has 0 spiro atoms. The van der Waals surface area contributed by atoms with Crippen LogP contribution in [0.15, 0.2) is 50.4 Å². The Bertz CT molecular complexity index is 2060. The van der Waals surface area contributed by atoms with Gasteiger partial charge in [-0.25, -0.2) is 9.38 Å². The van der Waals surface area contributed by atoms with Crippen LogP contribution in [0.25, 0.3) is 10.9 Å². The molecule has 0 bridgehead atoms. The fourth-order valence-electron chi connectivity index (χ4n) is 6.17. The number of aromatic nitrogens is 2. The third kappa shape index (κ3) is 5.02. The highest BCUT2D eigenvalue weighted by atomic mass is 127. The fraction of sp³-hybridized carbons (Fsp3) is 0.321. The molecule has 1 fully saturated rings. The lowest BCUT2D eigenvalue weighted by atomic mass is 10.0. The summed E-state index contributed by atoms with van der Waals surface area (Å²) in [5.41, 5.74) is -0.737. The molecule has 1 aromatic heterocycles. The van der Waals surface area contributed by atoms with Gasteiger partial charge < -0.3 is 12.9 Å². The number of nitrogens with one attached hydrogen (secondary N) is 2. The zero-order chi connectivity index (χ0) is 31.7. The van der Waals surface area contributed by atoms with Gasteiger partial charge in [-0.3, -0.25) is 10.2 Å². The summed E-state index contributed by atoms with van der Waals surface area (Å²) in [5.74, 6) is -0.579. The van der Waals surface area contributed by atoms with Gasteiger partial charge in [-0.05, 0) is 49.9 Å². The standard InChI is InChI=1S/C28H23F4IN6O3S2/c1-4-19(40)38-12(2)8-37(9-13(38)3)25-16-7-17(28(30,31)32)20(15-5-6-18(29)23-21(15)35-26(34)44-23)24-22(16)39(27(41)36-25)14(10-42-33)11-43-24/h4-7,12-13H,1,8-11H2,2-3H3,(H-,34,35,36,41)/p+1/t12-,13+. The molecule has 9 nitrogen and oxygen atoms in total. The Morgan fingerprint density at radius 1 is 1.30 bits per heavy atom. The Kier molecular flexibility index (Phi) is 8.07. The Morgan fingerprint density at radius 2 is 2.00 bits per heavy atom. The zero-order valence-electron chi connectivity index (χ0n) is 23.2. The number of thioether (sulfide) groups is 2. The van der Waals surface area contributed by atoms with Crippen LogP contribution in [-0.4, -0.2) is 58.5 Å². The van der Waals surface area contributed by atoms with Gasteiger partial charge in [0.25, 0.3) is 0 Å². The van der Waals surface area contributed by atoms with E-state index in [2.05, 4.69) is 16.6 Å². The smallest absolute Gasteiger partial charge is 0.335 e. The lowest BCUT2D eigenvalue weighted by Gasteiger charge is -2.44. The molecular formula is C28H24F4IN6O3S2+. The topological polar surface area (TPSA) is 108 Å². The van der Waals surface area contributed by atoms with Crippen LogP contribution in [0.1, 0.15) is 19.4 Å². The summed E-state index contributed by atoms with van der Waals surface area (Å²) in [5, 5.41) is 7.64. The van der Waals surface area contributed by atoms with Crippen LogP contribution in [0.5, 0.6) is 0 Å². The highest BCUT2D eigenvalue weighted by Crippen LogP contribution is 2.41. The first kappa shape index (κ1) is 31.0. The molecule has 1 saturated heterocycles. The number of carbonyl (C=O) groups is 1. The largest absolute Gasteiger partial charge is 0.502 e. The number of fused-ring (bicyclic) bond motifs is 1. The number of halogens is 5. The van der Waals surface area contributed by atoms with E-state index in [1.807, 2.05) is 13.8 Å². The Morgan fingerprint density at radius 3 is 2.64 bits per heavy atom. The Balaban J connectivity index is 1.78. The zero-order valence-corrected chi connectivity index (χ0v) is 27.0. The van der Waals surface area contributed by atoms with Crippen LogP contribution in [0.4, 0.5) is 23.4 Å². The van der Waals surface area contributed by atoms with Gasteiger partial charge in [0.15, 0.2) is 10.7 Å². The maximum absolute atomic E-state index is 15.0. The number of rotatable bonds is 4. The highest BCUT2D eigenvalue weighted by molar-refractivity contribution is 14.1. The van der Waals surface area contributed by atoms with Crippen molar-refractivity contribution in [1.82, 2.24) is 9.88 Å². The van der Waals surface area contributed by atoms with E-state index in [1.165, 1.54) is 16.4 Å². The van der Waals surface area contributed by atoms with Gasteiger partial charge in [0.1, 0.15) is 41.1 Å². The molecule has 2 N–H and O–H groups in total. The average molecular weight is 760 g/mol. The van der Waals surface area contributed by atoms with E-state index in [1.54, 1.807) is 32.8 Å². The second-order valence-electron chi connectivity index (χ2n) is 10.6. The summed E-state index contributed by atoms with van der Waals surface area (Å²) < 4.78 is 66.4. The first-order chi connectivity index (χ1) is 20.8. The van der Waals surface area contributed by atoms with Crippen molar-refractivity contribution >= 4 is 74.3 Å². The number of alkyl halides is 3. The van der Waals surface area contributed by atoms with E-state index in [9.17, 15) is 14.0 Å². The lowest BCUT2D eigenvalue weighted by molar-refractivity contribution is -0.518. The van der Waals surface area contributed by atoms with E-state index >= 15 is 13.2 Å². The Hall–Kier alpha value is -2.96. The van der Waals surface area contributed by atoms with Crippen molar-refractivity contribution in [3.05, 3.63) is 74.2 Å². The molecule has 3 aliphatic rings. The molecule has 44 heavy (non-hydrogen) atoms. The van der Waals surface area contributed by atoms with Gasteiger partial charge in [0, 0.05) is 35.6 Å². The van der Waals surface area contributed by atoms with E-state index in [4.69, 9.17) is 8.48 Å². The quantitative estimate of drug-likeness (QED) is 0.177. The second kappa shape index (κ2) is 11.4. The van der Waals surface area contributed by atoms with Crippen LogP contribution < -0.4 is 20.2 Å². The van der Waals surface area contributed by atoms with Crippen LogP contribution >= 0.6 is 46.5 Å². The third-order valence-corrected chi connectivity index (χ3v) is 10.2. The van der Waals surface area contributed by atoms with Crippen LogP contribution in [0.2, 0.25) is 0 Å². The van der Waals surface area contributed by atoms with E-state index in [0.29, 0.717) is 5.71 Å². The van der Waals surface area contributed by atoms with Crippen molar-refractivity contribution in [2.24, 2.45) is 4.99 Å². The molecule has 6 rings (SSSR count). The summed E-state index contributed by atoms with van der Waals surface area (Å²) >= 11 is 3.57. The lowest BCUT2D eigenvalue weighted by Crippen LogP contribution is -2.59. The number of benzene rings is 2. The first-order valence-electron chi connectivity index (χ1n) is 13.3. The summed E-state index contributed by atoms with van der Waals surface area (Å²) in [6, 6.07) is 2.68. The molecule has 0 saturated carbocycles. The normalized spacial score (nSPS) is 20.6. The molecule has 2 aromatic carbocycles. The molecule has 2 atom stereocenters.